The standard InChI is InChI=1S/C16H22ClNO2/c1-11(13-7-4-5-9-15(13)17)18-10-12-6-2-3-8-14(12)16(19)20/h4-5,7,9,11-12,14,18H,2-3,6,8,10H2,1H3,(H,19,20). The van der Waals surface area contributed by atoms with Crippen molar-refractivity contribution in [3.05, 3.63) is 34.9 Å². The van der Waals surface area contributed by atoms with Crippen LogP contribution in [0.1, 0.15) is 44.2 Å². The molecule has 0 aromatic heterocycles. The molecule has 0 amide bonds. The normalized spacial score (nSPS) is 24.3. The summed E-state index contributed by atoms with van der Waals surface area (Å²) in [6.45, 7) is 2.81. The Morgan fingerprint density at radius 2 is 2.10 bits per heavy atom. The zero-order chi connectivity index (χ0) is 14.5. The van der Waals surface area contributed by atoms with Gasteiger partial charge >= 0.3 is 5.97 Å². The Bertz CT molecular complexity index is 464. The van der Waals surface area contributed by atoms with Crippen LogP contribution in [0.15, 0.2) is 24.3 Å². The van der Waals surface area contributed by atoms with Crippen molar-refractivity contribution in [2.24, 2.45) is 11.8 Å². The summed E-state index contributed by atoms with van der Waals surface area (Å²) in [7, 11) is 0. The van der Waals surface area contributed by atoms with Crippen LogP contribution in [0.2, 0.25) is 5.02 Å². The molecule has 0 radical (unpaired) electrons. The highest BCUT2D eigenvalue weighted by atomic mass is 35.5. The SMILES string of the molecule is CC(NCC1CCCCC1C(=O)O)c1ccccc1Cl. The second-order valence-corrected chi connectivity index (χ2v) is 6.05. The van der Waals surface area contributed by atoms with Crippen molar-refractivity contribution in [1.29, 1.82) is 0 Å². The van der Waals surface area contributed by atoms with E-state index in [1.165, 1.54) is 0 Å². The number of rotatable bonds is 5. The summed E-state index contributed by atoms with van der Waals surface area (Å²) in [5.41, 5.74) is 1.07. The van der Waals surface area contributed by atoms with Gasteiger partial charge in [-0.05, 0) is 43.9 Å². The van der Waals surface area contributed by atoms with Gasteiger partial charge < -0.3 is 10.4 Å². The first-order valence-electron chi connectivity index (χ1n) is 7.30. The molecule has 0 aliphatic heterocycles. The van der Waals surface area contributed by atoms with Crippen LogP contribution >= 0.6 is 11.6 Å². The van der Waals surface area contributed by atoms with Crippen LogP contribution in [0, 0.1) is 11.8 Å². The molecule has 3 unspecified atom stereocenters. The summed E-state index contributed by atoms with van der Waals surface area (Å²) >= 11 is 6.19. The van der Waals surface area contributed by atoms with E-state index in [0.29, 0.717) is 0 Å². The van der Waals surface area contributed by atoms with E-state index < -0.39 is 5.97 Å². The van der Waals surface area contributed by atoms with Crippen molar-refractivity contribution in [2.45, 2.75) is 38.6 Å². The third-order valence-corrected chi connectivity index (χ3v) is 4.63. The molecule has 2 rings (SSSR count). The average Bonchev–Trinajstić information content (AvgIpc) is 2.45. The number of aliphatic carboxylic acids is 1. The van der Waals surface area contributed by atoms with Gasteiger partial charge in [0.1, 0.15) is 0 Å². The number of benzene rings is 1. The maximum Gasteiger partial charge on any atom is 0.306 e. The summed E-state index contributed by atoms with van der Waals surface area (Å²) in [6.07, 6.45) is 3.98. The first-order valence-corrected chi connectivity index (χ1v) is 7.68. The molecular formula is C16H22ClNO2. The van der Waals surface area contributed by atoms with E-state index in [9.17, 15) is 9.90 Å². The van der Waals surface area contributed by atoms with Crippen LogP contribution in [0.4, 0.5) is 0 Å². The van der Waals surface area contributed by atoms with Crippen LogP contribution < -0.4 is 5.32 Å². The third kappa shape index (κ3) is 3.74. The fraction of sp³-hybridized carbons (Fsp3) is 0.562. The zero-order valence-corrected chi connectivity index (χ0v) is 12.6. The molecule has 0 bridgehead atoms. The van der Waals surface area contributed by atoms with Crippen molar-refractivity contribution in [2.75, 3.05) is 6.54 Å². The number of nitrogens with one attached hydrogen (secondary N) is 1. The highest BCUT2D eigenvalue weighted by Gasteiger charge is 2.30. The van der Waals surface area contributed by atoms with Crippen LogP contribution in [-0.4, -0.2) is 17.6 Å². The predicted octanol–water partition coefficient (Wildman–Crippen LogP) is 3.88. The van der Waals surface area contributed by atoms with Crippen LogP contribution in [0.25, 0.3) is 0 Å². The van der Waals surface area contributed by atoms with Gasteiger partial charge in [0.15, 0.2) is 0 Å². The lowest BCUT2D eigenvalue weighted by molar-refractivity contribution is -0.144. The van der Waals surface area contributed by atoms with E-state index in [2.05, 4.69) is 12.2 Å². The molecule has 0 heterocycles. The number of hydrogen-bond donors (Lipinski definition) is 2. The van der Waals surface area contributed by atoms with E-state index in [0.717, 1.165) is 42.8 Å². The summed E-state index contributed by atoms with van der Waals surface area (Å²) in [5, 5.41) is 13.5. The molecule has 2 N–H and O–H groups in total. The molecule has 4 heteroatoms. The smallest absolute Gasteiger partial charge is 0.306 e. The molecule has 20 heavy (non-hydrogen) atoms. The molecule has 0 saturated heterocycles. The molecule has 0 spiro atoms. The summed E-state index contributed by atoms with van der Waals surface area (Å²) in [5.74, 6) is -0.622. The lowest BCUT2D eigenvalue weighted by Gasteiger charge is -2.30. The summed E-state index contributed by atoms with van der Waals surface area (Å²) in [6, 6.07) is 7.92. The monoisotopic (exact) mass is 295 g/mol. The lowest BCUT2D eigenvalue weighted by Crippen LogP contribution is -2.35. The molecule has 1 fully saturated rings. The first kappa shape index (κ1) is 15.3. The van der Waals surface area contributed by atoms with Gasteiger partial charge in [-0.1, -0.05) is 42.6 Å². The maximum atomic E-state index is 11.3. The molecule has 1 aromatic carbocycles. The Balaban J connectivity index is 1.94. The Morgan fingerprint density at radius 3 is 2.80 bits per heavy atom. The molecule has 3 nitrogen and oxygen atoms in total. The van der Waals surface area contributed by atoms with Gasteiger partial charge in [-0.2, -0.15) is 0 Å². The molecule has 1 saturated carbocycles. The van der Waals surface area contributed by atoms with Crippen LogP contribution in [-0.2, 0) is 4.79 Å². The molecule has 3 atom stereocenters. The number of carboxylic acids is 1. The number of halogens is 1. The van der Waals surface area contributed by atoms with Gasteiger partial charge in [-0.15, -0.1) is 0 Å². The molecule has 1 aromatic rings. The van der Waals surface area contributed by atoms with Gasteiger partial charge in [0.25, 0.3) is 0 Å². The lowest BCUT2D eigenvalue weighted by atomic mass is 9.79. The molecular weight excluding hydrogens is 274 g/mol. The second kappa shape index (κ2) is 7.09. The third-order valence-electron chi connectivity index (χ3n) is 4.28. The van der Waals surface area contributed by atoms with Gasteiger partial charge in [0.05, 0.1) is 5.92 Å². The second-order valence-electron chi connectivity index (χ2n) is 5.64. The van der Waals surface area contributed by atoms with Crippen molar-refractivity contribution in [3.63, 3.8) is 0 Å². The van der Waals surface area contributed by atoms with Gasteiger partial charge in [0, 0.05) is 11.1 Å². The Morgan fingerprint density at radius 1 is 1.40 bits per heavy atom. The van der Waals surface area contributed by atoms with Gasteiger partial charge in [-0.25, -0.2) is 0 Å². The average molecular weight is 296 g/mol. The van der Waals surface area contributed by atoms with E-state index >= 15 is 0 Å². The highest BCUT2D eigenvalue weighted by molar-refractivity contribution is 6.31. The predicted molar refractivity (Wildman–Crippen MR) is 81.0 cm³/mol. The fourth-order valence-electron chi connectivity index (χ4n) is 3.04. The number of carbonyl (C=O) groups is 1. The summed E-state index contributed by atoms with van der Waals surface area (Å²) < 4.78 is 0. The van der Waals surface area contributed by atoms with Crippen LogP contribution in [0.3, 0.4) is 0 Å². The zero-order valence-electron chi connectivity index (χ0n) is 11.8. The molecule has 1 aliphatic rings. The largest absolute Gasteiger partial charge is 0.481 e. The van der Waals surface area contributed by atoms with E-state index in [1.54, 1.807) is 0 Å². The quantitative estimate of drug-likeness (QED) is 0.866. The molecule has 110 valence electrons. The van der Waals surface area contributed by atoms with Crippen LogP contribution in [0.5, 0.6) is 0 Å². The number of carboxylic acid groups (broad SMARTS) is 1. The van der Waals surface area contributed by atoms with E-state index in [1.807, 2.05) is 24.3 Å². The Hall–Kier alpha value is -1.06. The van der Waals surface area contributed by atoms with Crippen molar-refractivity contribution >= 4 is 17.6 Å². The van der Waals surface area contributed by atoms with E-state index in [4.69, 9.17) is 11.6 Å². The van der Waals surface area contributed by atoms with Crippen molar-refractivity contribution in [1.82, 2.24) is 5.32 Å². The first-order chi connectivity index (χ1) is 9.59. The minimum Gasteiger partial charge on any atom is -0.481 e. The summed E-state index contributed by atoms with van der Waals surface area (Å²) in [4.78, 5) is 11.3. The van der Waals surface area contributed by atoms with E-state index in [-0.39, 0.29) is 17.9 Å². The van der Waals surface area contributed by atoms with Crippen molar-refractivity contribution < 1.29 is 9.90 Å². The Labute approximate surface area is 125 Å². The van der Waals surface area contributed by atoms with Gasteiger partial charge in [0.2, 0.25) is 0 Å². The fourth-order valence-corrected chi connectivity index (χ4v) is 3.34. The minimum absolute atomic E-state index is 0.139. The van der Waals surface area contributed by atoms with Gasteiger partial charge in [-0.3, -0.25) is 4.79 Å². The highest BCUT2D eigenvalue weighted by Crippen LogP contribution is 2.30. The van der Waals surface area contributed by atoms with Crippen molar-refractivity contribution in [3.8, 4) is 0 Å². The minimum atomic E-state index is -0.651. The maximum absolute atomic E-state index is 11.3. The Kier molecular flexibility index (Phi) is 5.44. The molecule has 1 aliphatic carbocycles. The topological polar surface area (TPSA) is 49.3 Å². The number of hydrogen-bond acceptors (Lipinski definition) is 2.